The molecule has 5 nitrogen and oxygen atoms in total. The maximum atomic E-state index is 12.0. The molecule has 0 saturated carbocycles. The molecular weight excluding hydrogens is 313 g/mol. The number of halogens is 2. The first-order valence-corrected chi connectivity index (χ1v) is 7.19. The summed E-state index contributed by atoms with van der Waals surface area (Å²) in [5.74, 6) is -0.432. The van der Waals surface area contributed by atoms with E-state index in [9.17, 15) is 9.59 Å². The minimum atomic E-state index is -0.290. The molecule has 0 heterocycles. The van der Waals surface area contributed by atoms with Crippen LogP contribution in [0.3, 0.4) is 0 Å². The molecule has 0 aliphatic rings. The number of nitrogens with one attached hydrogen (secondary N) is 1. The average Bonchev–Trinajstić information content (AvgIpc) is 2.32. The van der Waals surface area contributed by atoms with Gasteiger partial charge in [-0.25, -0.2) is 0 Å². The number of benzene rings is 1. The lowest BCUT2D eigenvalue weighted by Gasteiger charge is -2.22. The van der Waals surface area contributed by atoms with Crippen molar-refractivity contribution in [2.45, 2.75) is 6.92 Å². The molecule has 0 fully saturated rings. The van der Waals surface area contributed by atoms with E-state index in [1.165, 1.54) is 11.8 Å². The van der Waals surface area contributed by atoms with E-state index in [0.717, 1.165) is 0 Å². The summed E-state index contributed by atoms with van der Waals surface area (Å²) in [6, 6.07) is 4.78. The molecule has 0 aliphatic heterocycles. The van der Waals surface area contributed by atoms with Crippen molar-refractivity contribution in [1.29, 1.82) is 0 Å². The van der Waals surface area contributed by atoms with Gasteiger partial charge in [0.15, 0.2) is 0 Å². The monoisotopic (exact) mass is 331 g/mol. The highest BCUT2D eigenvalue weighted by atomic mass is 35.5. The third-order valence-electron chi connectivity index (χ3n) is 2.74. The van der Waals surface area contributed by atoms with Crippen molar-refractivity contribution in [2.75, 3.05) is 39.0 Å². The number of carbonyl (C=O) groups is 2. The molecule has 7 heteroatoms. The fraction of sp³-hybridized carbons (Fsp3) is 0.429. The molecule has 21 heavy (non-hydrogen) atoms. The predicted molar refractivity (Wildman–Crippen MR) is 85.9 cm³/mol. The van der Waals surface area contributed by atoms with Crippen molar-refractivity contribution >= 4 is 40.7 Å². The van der Waals surface area contributed by atoms with Gasteiger partial charge in [-0.3, -0.25) is 9.59 Å². The second kappa shape index (κ2) is 8.22. The van der Waals surface area contributed by atoms with Crippen LogP contribution in [0.25, 0.3) is 0 Å². The first-order chi connectivity index (χ1) is 9.77. The largest absolute Gasteiger partial charge is 0.332 e. The van der Waals surface area contributed by atoms with Crippen LogP contribution < -0.4 is 5.32 Å². The molecule has 1 aromatic carbocycles. The summed E-state index contributed by atoms with van der Waals surface area (Å²) in [5.41, 5.74) is 0.508. The van der Waals surface area contributed by atoms with E-state index in [1.807, 2.05) is 19.0 Å². The number of hydrogen-bond donors (Lipinski definition) is 1. The summed E-state index contributed by atoms with van der Waals surface area (Å²) in [4.78, 5) is 27.0. The summed E-state index contributed by atoms with van der Waals surface area (Å²) in [6.45, 7) is 2.62. The summed E-state index contributed by atoms with van der Waals surface area (Å²) in [7, 11) is 3.82. The van der Waals surface area contributed by atoms with Crippen LogP contribution in [-0.2, 0) is 9.59 Å². The lowest BCUT2D eigenvalue weighted by atomic mass is 10.3. The molecule has 0 bridgehead atoms. The van der Waals surface area contributed by atoms with Crippen LogP contribution in [0.4, 0.5) is 5.69 Å². The second-order valence-corrected chi connectivity index (χ2v) is 5.82. The fourth-order valence-corrected chi connectivity index (χ4v) is 2.19. The number of nitrogens with zero attached hydrogens (tertiary/aromatic N) is 2. The highest BCUT2D eigenvalue weighted by Crippen LogP contribution is 2.22. The maximum Gasteiger partial charge on any atom is 0.243 e. The quantitative estimate of drug-likeness (QED) is 0.870. The van der Waals surface area contributed by atoms with Crippen molar-refractivity contribution in [1.82, 2.24) is 9.80 Å². The molecule has 2 amide bonds. The summed E-state index contributed by atoms with van der Waals surface area (Å²) in [6.07, 6.45) is 0. The molecule has 116 valence electrons. The van der Waals surface area contributed by atoms with Gasteiger partial charge in [-0.1, -0.05) is 23.2 Å². The molecule has 0 unspecified atom stereocenters. The average molecular weight is 332 g/mol. The lowest BCUT2D eigenvalue weighted by Crippen LogP contribution is -2.40. The number of anilines is 1. The van der Waals surface area contributed by atoms with Gasteiger partial charge in [0.2, 0.25) is 11.8 Å². The normalized spacial score (nSPS) is 10.6. The molecule has 1 N–H and O–H groups in total. The van der Waals surface area contributed by atoms with E-state index in [-0.39, 0.29) is 18.4 Å². The van der Waals surface area contributed by atoms with Crippen molar-refractivity contribution in [3.8, 4) is 0 Å². The third kappa shape index (κ3) is 6.80. The van der Waals surface area contributed by atoms with E-state index in [0.29, 0.717) is 28.8 Å². The van der Waals surface area contributed by atoms with Crippen LogP contribution in [0.2, 0.25) is 10.0 Å². The van der Waals surface area contributed by atoms with Crippen molar-refractivity contribution in [3.05, 3.63) is 28.2 Å². The molecule has 0 atom stereocenters. The molecule has 0 aliphatic carbocycles. The third-order valence-corrected chi connectivity index (χ3v) is 3.18. The van der Waals surface area contributed by atoms with E-state index in [2.05, 4.69) is 5.32 Å². The molecule has 0 saturated heterocycles. The Morgan fingerprint density at radius 3 is 2.14 bits per heavy atom. The Morgan fingerprint density at radius 1 is 1.10 bits per heavy atom. The Bertz CT molecular complexity index is 501. The number of rotatable bonds is 6. The van der Waals surface area contributed by atoms with Gasteiger partial charge in [0.05, 0.1) is 6.54 Å². The van der Waals surface area contributed by atoms with Crippen LogP contribution in [0.1, 0.15) is 6.92 Å². The lowest BCUT2D eigenvalue weighted by molar-refractivity contribution is -0.132. The highest BCUT2D eigenvalue weighted by Gasteiger charge is 2.14. The Kier molecular flexibility index (Phi) is 6.95. The number of carbonyl (C=O) groups excluding carboxylic acids is 2. The second-order valence-electron chi connectivity index (χ2n) is 4.95. The molecule has 0 aromatic heterocycles. The van der Waals surface area contributed by atoms with Crippen molar-refractivity contribution in [2.24, 2.45) is 0 Å². The Hall–Kier alpha value is -1.30. The van der Waals surface area contributed by atoms with Gasteiger partial charge in [-0.2, -0.15) is 0 Å². The van der Waals surface area contributed by atoms with Gasteiger partial charge in [-0.05, 0) is 32.3 Å². The van der Waals surface area contributed by atoms with E-state index in [1.54, 1.807) is 18.2 Å². The number of likely N-dealkylation sites (N-methyl/N-ethyl adjacent to an activating group) is 1. The fourth-order valence-electron chi connectivity index (χ4n) is 1.67. The first-order valence-electron chi connectivity index (χ1n) is 6.44. The smallest absolute Gasteiger partial charge is 0.243 e. The number of amides is 2. The standard InChI is InChI=1S/C14H19Cl2N3O2/c1-10(20)19(5-4-18(2)3)9-14(21)17-13-7-11(15)6-12(16)8-13/h6-8H,4-5,9H2,1-3H3,(H,17,21). The summed E-state index contributed by atoms with van der Waals surface area (Å²) < 4.78 is 0. The van der Waals surface area contributed by atoms with Gasteiger partial charge in [-0.15, -0.1) is 0 Å². The molecular formula is C14H19Cl2N3O2. The van der Waals surface area contributed by atoms with Crippen LogP contribution in [0, 0.1) is 0 Å². The predicted octanol–water partition coefficient (Wildman–Crippen LogP) is 2.34. The summed E-state index contributed by atoms with van der Waals surface area (Å²) in [5, 5.41) is 3.56. The van der Waals surface area contributed by atoms with Gasteiger partial charge in [0.1, 0.15) is 0 Å². The molecule has 1 rings (SSSR count). The van der Waals surface area contributed by atoms with Gasteiger partial charge >= 0.3 is 0 Å². The van der Waals surface area contributed by atoms with Crippen molar-refractivity contribution < 1.29 is 9.59 Å². The molecule has 0 radical (unpaired) electrons. The van der Waals surface area contributed by atoms with Crippen LogP contribution in [-0.4, -0.2) is 55.3 Å². The highest BCUT2D eigenvalue weighted by molar-refractivity contribution is 6.35. The maximum absolute atomic E-state index is 12.0. The topological polar surface area (TPSA) is 52.7 Å². The zero-order valence-electron chi connectivity index (χ0n) is 12.3. The first kappa shape index (κ1) is 17.8. The van der Waals surface area contributed by atoms with Gasteiger partial charge in [0, 0.05) is 35.7 Å². The van der Waals surface area contributed by atoms with E-state index >= 15 is 0 Å². The Labute approximate surface area is 134 Å². The van der Waals surface area contributed by atoms with Crippen molar-refractivity contribution in [3.63, 3.8) is 0 Å². The molecule has 1 aromatic rings. The van der Waals surface area contributed by atoms with Gasteiger partial charge < -0.3 is 15.1 Å². The summed E-state index contributed by atoms with van der Waals surface area (Å²) >= 11 is 11.7. The van der Waals surface area contributed by atoms with Crippen LogP contribution >= 0.6 is 23.2 Å². The Balaban J connectivity index is 2.63. The van der Waals surface area contributed by atoms with Crippen LogP contribution in [0.5, 0.6) is 0 Å². The Morgan fingerprint density at radius 2 is 1.67 bits per heavy atom. The number of hydrogen-bond acceptors (Lipinski definition) is 3. The zero-order chi connectivity index (χ0) is 16.0. The SMILES string of the molecule is CC(=O)N(CCN(C)C)CC(=O)Nc1cc(Cl)cc(Cl)c1. The minimum absolute atomic E-state index is 0.00664. The van der Waals surface area contributed by atoms with E-state index < -0.39 is 0 Å². The zero-order valence-corrected chi connectivity index (χ0v) is 13.8. The molecule has 0 spiro atoms. The van der Waals surface area contributed by atoms with Gasteiger partial charge in [0.25, 0.3) is 0 Å². The minimum Gasteiger partial charge on any atom is -0.332 e. The van der Waals surface area contributed by atoms with Crippen LogP contribution in [0.15, 0.2) is 18.2 Å². The van der Waals surface area contributed by atoms with E-state index in [4.69, 9.17) is 23.2 Å².